The Bertz CT molecular complexity index is 658. The standard InChI is InChI=1S/C18H22ClNO4S/c1-18(2,24-14-7-5-13(19)6-8-14)17(22)20-12-15(23-10-9-21)16-4-3-11-25-16/h3-8,11,15,21H,9-10,12H2,1-2H3,(H,20,22)/t15-/m1/s1. The normalized spacial score (nSPS) is 12.6. The quantitative estimate of drug-likeness (QED) is 0.696. The van der Waals surface area contributed by atoms with Crippen molar-refractivity contribution in [2.24, 2.45) is 0 Å². The molecule has 0 radical (unpaired) electrons. The van der Waals surface area contributed by atoms with Gasteiger partial charge in [0.25, 0.3) is 5.91 Å². The lowest BCUT2D eigenvalue weighted by Crippen LogP contribution is -2.47. The topological polar surface area (TPSA) is 67.8 Å². The number of hydrogen-bond donors (Lipinski definition) is 2. The summed E-state index contributed by atoms with van der Waals surface area (Å²) in [6, 6.07) is 10.7. The number of carbonyl (C=O) groups excluding carboxylic acids is 1. The summed E-state index contributed by atoms with van der Waals surface area (Å²) in [5.74, 6) is 0.312. The first-order valence-corrected chi connectivity index (χ1v) is 9.17. The van der Waals surface area contributed by atoms with Gasteiger partial charge in [0.15, 0.2) is 5.60 Å². The number of hydrogen-bond acceptors (Lipinski definition) is 5. The van der Waals surface area contributed by atoms with Crippen molar-refractivity contribution in [2.45, 2.75) is 25.6 Å². The van der Waals surface area contributed by atoms with E-state index < -0.39 is 5.60 Å². The van der Waals surface area contributed by atoms with Crippen molar-refractivity contribution in [3.63, 3.8) is 0 Å². The lowest BCUT2D eigenvalue weighted by atomic mass is 10.1. The van der Waals surface area contributed by atoms with Gasteiger partial charge in [0.1, 0.15) is 11.9 Å². The molecule has 136 valence electrons. The molecule has 0 saturated heterocycles. The molecule has 2 rings (SSSR count). The van der Waals surface area contributed by atoms with E-state index in [9.17, 15) is 4.79 Å². The van der Waals surface area contributed by atoms with Crippen LogP contribution in [0.1, 0.15) is 24.8 Å². The molecule has 0 spiro atoms. The molecule has 1 aromatic carbocycles. The number of ether oxygens (including phenoxy) is 2. The molecule has 2 N–H and O–H groups in total. The summed E-state index contributed by atoms with van der Waals surface area (Å²) in [7, 11) is 0. The Morgan fingerprint density at radius 3 is 2.64 bits per heavy atom. The number of rotatable bonds is 9. The molecule has 25 heavy (non-hydrogen) atoms. The van der Waals surface area contributed by atoms with Crippen LogP contribution in [0, 0.1) is 0 Å². The molecule has 0 unspecified atom stereocenters. The zero-order valence-corrected chi connectivity index (χ0v) is 15.8. The van der Waals surface area contributed by atoms with Crippen molar-refractivity contribution in [1.29, 1.82) is 0 Å². The summed E-state index contributed by atoms with van der Waals surface area (Å²) < 4.78 is 11.4. The van der Waals surface area contributed by atoms with Crippen molar-refractivity contribution < 1.29 is 19.4 Å². The Morgan fingerprint density at radius 2 is 2.04 bits per heavy atom. The van der Waals surface area contributed by atoms with E-state index in [0.29, 0.717) is 17.3 Å². The second kappa shape index (κ2) is 9.20. The molecule has 0 aliphatic rings. The van der Waals surface area contributed by atoms with Crippen LogP contribution < -0.4 is 10.1 Å². The first-order valence-electron chi connectivity index (χ1n) is 7.91. The summed E-state index contributed by atoms with van der Waals surface area (Å²) in [5.41, 5.74) is -1.05. The lowest BCUT2D eigenvalue weighted by Gasteiger charge is -2.26. The van der Waals surface area contributed by atoms with Crippen LogP contribution in [0.2, 0.25) is 5.02 Å². The Morgan fingerprint density at radius 1 is 1.32 bits per heavy atom. The lowest BCUT2D eigenvalue weighted by molar-refractivity contribution is -0.134. The van der Waals surface area contributed by atoms with Crippen LogP contribution in [-0.2, 0) is 9.53 Å². The third-order valence-electron chi connectivity index (χ3n) is 3.45. The maximum atomic E-state index is 12.5. The Balaban J connectivity index is 1.95. The fourth-order valence-corrected chi connectivity index (χ4v) is 3.05. The van der Waals surface area contributed by atoms with Crippen LogP contribution >= 0.6 is 22.9 Å². The van der Waals surface area contributed by atoms with Crippen molar-refractivity contribution in [3.05, 3.63) is 51.7 Å². The highest BCUT2D eigenvalue weighted by Gasteiger charge is 2.30. The van der Waals surface area contributed by atoms with Crippen molar-refractivity contribution in [3.8, 4) is 5.75 Å². The maximum absolute atomic E-state index is 12.5. The average Bonchev–Trinajstić information content (AvgIpc) is 3.11. The van der Waals surface area contributed by atoms with Crippen LogP contribution in [0.3, 0.4) is 0 Å². The number of benzene rings is 1. The van der Waals surface area contributed by atoms with E-state index in [4.69, 9.17) is 26.2 Å². The van der Waals surface area contributed by atoms with Crippen LogP contribution in [0.5, 0.6) is 5.75 Å². The van der Waals surface area contributed by atoms with E-state index in [1.165, 1.54) is 0 Å². The van der Waals surface area contributed by atoms with E-state index >= 15 is 0 Å². The molecule has 1 aromatic heterocycles. The number of aliphatic hydroxyl groups excluding tert-OH is 1. The van der Waals surface area contributed by atoms with Gasteiger partial charge < -0.3 is 19.9 Å². The van der Waals surface area contributed by atoms with Gasteiger partial charge in [0.2, 0.25) is 0 Å². The molecule has 0 aliphatic carbocycles. The predicted molar refractivity (Wildman–Crippen MR) is 99.3 cm³/mol. The third-order valence-corrected chi connectivity index (χ3v) is 4.67. The number of thiophene rings is 1. The summed E-state index contributed by atoms with van der Waals surface area (Å²) in [6.45, 7) is 3.84. The Hall–Kier alpha value is -1.60. The van der Waals surface area contributed by atoms with Gasteiger partial charge in [-0.25, -0.2) is 0 Å². The molecule has 1 amide bonds. The molecule has 0 bridgehead atoms. The van der Waals surface area contributed by atoms with E-state index in [0.717, 1.165) is 4.88 Å². The molecule has 0 aliphatic heterocycles. The van der Waals surface area contributed by atoms with E-state index in [-0.39, 0.29) is 25.2 Å². The first-order chi connectivity index (χ1) is 11.9. The highest BCUT2D eigenvalue weighted by molar-refractivity contribution is 7.10. The van der Waals surface area contributed by atoms with Gasteiger partial charge in [0, 0.05) is 16.4 Å². The Labute approximate surface area is 156 Å². The molecule has 1 atom stereocenters. The van der Waals surface area contributed by atoms with Gasteiger partial charge in [-0.15, -0.1) is 11.3 Å². The second-order valence-corrected chi connectivity index (χ2v) is 7.29. The van der Waals surface area contributed by atoms with E-state index in [1.807, 2.05) is 17.5 Å². The largest absolute Gasteiger partial charge is 0.478 e. The minimum absolute atomic E-state index is 0.0685. The maximum Gasteiger partial charge on any atom is 0.263 e. The summed E-state index contributed by atoms with van der Waals surface area (Å²) in [6.07, 6.45) is -0.303. The molecular formula is C18H22ClNO4S. The van der Waals surface area contributed by atoms with Gasteiger partial charge in [-0.2, -0.15) is 0 Å². The molecule has 2 aromatic rings. The van der Waals surface area contributed by atoms with Crippen LogP contribution in [-0.4, -0.2) is 36.4 Å². The summed E-state index contributed by atoms with van der Waals surface area (Å²) in [5, 5.41) is 14.4. The predicted octanol–water partition coefficient (Wildman–Crippen LogP) is 3.43. The van der Waals surface area contributed by atoms with Crippen molar-refractivity contribution in [1.82, 2.24) is 5.32 Å². The summed E-state index contributed by atoms with van der Waals surface area (Å²) in [4.78, 5) is 13.5. The van der Waals surface area contributed by atoms with Gasteiger partial charge in [-0.3, -0.25) is 4.79 Å². The molecule has 7 heteroatoms. The highest BCUT2D eigenvalue weighted by Crippen LogP contribution is 2.23. The molecule has 1 heterocycles. The SMILES string of the molecule is CC(C)(Oc1ccc(Cl)cc1)C(=O)NC[C@@H](OCCO)c1cccs1. The minimum Gasteiger partial charge on any atom is -0.478 e. The number of nitrogens with one attached hydrogen (secondary N) is 1. The average molecular weight is 384 g/mol. The van der Waals surface area contributed by atoms with Crippen LogP contribution in [0.15, 0.2) is 41.8 Å². The van der Waals surface area contributed by atoms with Gasteiger partial charge in [-0.05, 0) is 49.6 Å². The minimum atomic E-state index is -1.05. The zero-order valence-electron chi connectivity index (χ0n) is 14.2. The summed E-state index contributed by atoms with van der Waals surface area (Å²) >= 11 is 7.40. The van der Waals surface area contributed by atoms with Gasteiger partial charge >= 0.3 is 0 Å². The van der Waals surface area contributed by atoms with Crippen molar-refractivity contribution >= 4 is 28.8 Å². The fraction of sp³-hybridized carbons (Fsp3) is 0.389. The Kier molecular flexibility index (Phi) is 7.25. The monoisotopic (exact) mass is 383 g/mol. The molecular weight excluding hydrogens is 362 g/mol. The number of carbonyl (C=O) groups is 1. The molecule has 0 fully saturated rings. The number of halogens is 1. The van der Waals surface area contributed by atoms with Crippen LogP contribution in [0.4, 0.5) is 0 Å². The van der Waals surface area contributed by atoms with E-state index in [1.54, 1.807) is 49.4 Å². The van der Waals surface area contributed by atoms with E-state index in [2.05, 4.69) is 5.32 Å². The highest BCUT2D eigenvalue weighted by atomic mass is 35.5. The van der Waals surface area contributed by atoms with Crippen molar-refractivity contribution in [2.75, 3.05) is 19.8 Å². The number of aliphatic hydroxyl groups is 1. The van der Waals surface area contributed by atoms with Gasteiger partial charge in [0.05, 0.1) is 13.2 Å². The second-order valence-electron chi connectivity index (χ2n) is 5.87. The zero-order chi connectivity index (χ0) is 18.3. The number of amides is 1. The van der Waals surface area contributed by atoms with Gasteiger partial charge in [-0.1, -0.05) is 17.7 Å². The third kappa shape index (κ3) is 6.01. The van der Waals surface area contributed by atoms with Crippen LogP contribution in [0.25, 0.3) is 0 Å². The fourth-order valence-electron chi connectivity index (χ4n) is 2.15. The molecule has 0 saturated carbocycles. The smallest absolute Gasteiger partial charge is 0.263 e. The first kappa shape index (κ1) is 19.7. The molecule has 5 nitrogen and oxygen atoms in total.